The van der Waals surface area contributed by atoms with E-state index in [1.54, 1.807) is 19.9 Å². The molecular weight excluding hydrogens is 414 g/mol. The fourth-order valence-electron chi connectivity index (χ4n) is 2.56. The molecule has 0 saturated carbocycles. The summed E-state index contributed by atoms with van der Waals surface area (Å²) < 4.78 is 32.2. The number of carbonyl (C=O) groups excluding carboxylic acids is 2. The Bertz CT molecular complexity index is 1200. The van der Waals surface area contributed by atoms with E-state index < -0.39 is 22.0 Å². The van der Waals surface area contributed by atoms with Gasteiger partial charge in [-0.2, -0.15) is 5.10 Å². The second-order valence-electron chi connectivity index (χ2n) is 6.08. The molecule has 0 unspecified atom stereocenters. The van der Waals surface area contributed by atoms with E-state index in [4.69, 9.17) is 5.73 Å². The Morgan fingerprint density at radius 1 is 1.13 bits per heavy atom. The smallest absolute Gasteiger partial charge is 0.341 e. The normalized spacial score (nSPS) is 11.2. The van der Waals surface area contributed by atoms with E-state index >= 15 is 0 Å². The van der Waals surface area contributed by atoms with E-state index in [1.165, 1.54) is 36.3 Å². The molecule has 13 heteroatoms. The zero-order valence-electron chi connectivity index (χ0n) is 16.2. The first-order valence-electron chi connectivity index (χ1n) is 8.40. The molecule has 0 saturated heterocycles. The van der Waals surface area contributed by atoms with E-state index in [0.29, 0.717) is 15.7 Å². The Balaban J connectivity index is 1.98. The van der Waals surface area contributed by atoms with Crippen LogP contribution in [0.5, 0.6) is 0 Å². The van der Waals surface area contributed by atoms with E-state index in [-0.39, 0.29) is 22.2 Å². The minimum absolute atomic E-state index is 0.197. The minimum atomic E-state index is -4.43. The van der Waals surface area contributed by atoms with Gasteiger partial charge in [0.15, 0.2) is 5.82 Å². The summed E-state index contributed by atoms with van der Waals surface area (Å²) in [6.45, 7) is 3.26. The molecule has 2 amide bonds. The fourth-order valence-corrected chi connectivity index (χ4v) is 3.73. The molecule has 0 aliphatic rings. The summed E-state index contributed by atoms with van der Waals surface area (Å²) in [4.78, 5) is 35.2. The lowest BCUT2D eigenvalue weighted by Gasteiger charge is -2.19. The van der Waals surface area contributed by atoms with E-state index in [0.717, 1.165) is 6.20 Å². The Kier molecular flexibility index (Phi) is 5.47. The summed E-state index contributed by atoms with van der Waals surface area (Å²) in [5, 5.41) is 3.98. The monoisotopic (exact) mass is 431 g/mol. The van der Waals surface area contributed by atoms with Crippen LogP contribution in [0.1, 0.15) is 21.7 Å². The number of anilines is 1. The van der Waals surface area contributed by atoms with E-state index in [2.05, 4.69) is 24.8 Å². The average molecular weight is 431 g/mol. The van der Waals surface area contributed by atoms with Crippen molar-refractivity contribution in [1.29, 1.82) is 0 Å². The minimum Gasteiger partial charge on any atom is -0.465 e. The number of sulfonamides is 1. The molecule has 0 spiro atoms. The van der Waals surface area contributed by atoms with Crippen LogP contribution in [0.25, 0.3) is 5.82 Å². The van der Waals surface area contributed by atoms with Gasteiger partial charge in [-0.25, -0.2) is 37.6 Å². The first-order chi connectivity index (χ1) is 14.1. The van der Waals surface area contributed by atoms with Crippen LogP contribution in [0.3, 0.4) is 0 Å². The molecule has 0 aromatic carbocycles. The number of hydrogen-bond acceptors (Lipinski definition) is 9. The van der Waals surface area contributed by atoms with Gasteiger partial charge in [0.2, 0.25) is 5.95 Å². The van der Waals surface area contributed by atoms with Crippen LogP contribution in [-0.4, -0.2) is 52.3 Å². The van der Waals surface area contributed by atoms with Crippen molar-refractivity contribution in [1.82, 2.24) is 24.7 Å². The lowest BCUT2D eigenvalue weighted by molar-refractivity contribution is 0.0600. The predicted octanol–water partition coefficient (Wildman–Crippen LogP) is 0.735. The highest BCUT2D eigenvalue weighted by molar-refractivity contribution is 7.93. The van der Waals surface area contributed by atoms with Crippen molar-refractivity contribution < 1.29 is 22.7 Å². The van der Waals surface area contributed by atoms with Gasteiger partial charge in [0.1, 0.15) is 4.90 Å². The molecule has 30 heavy (non-hydrogen) atoms. The van der Waals surface area contributed by atoms with Crippen LogP contribution in [0, 0.1) is 13.8 Å². The first-order valence-corrected chi connectivity index (χ1v) is 9.84. The van der Waals surface area contributed by atoms with Crippen molar-refractivity contribution in [3.05, 3.63) is 53.7 Å². The number of aromatic nitrogens is 5. The molecule has 3 rings (SSSR count). The lowest BCUT2D eigenvalue weighted by atomic mass is 10.4. The van der Waals surface area contributed by atoms with E-state index in [9.17, 15) is 18.0 Å². The number of hydrogen-bond donors (Lipinski definition) is 1. The third-order valence-corrected chi connectivity index (χ3v) is 5.51. The maximum Gasteiger partial charge on any atom is 0.341 e. The fraction of sp³-hybridized carbons (Fsp3) is 0.176. The number of primary amides is 1. The molecular formula is C17H17N7O5S. The van der Waals surface area contributed by atoms with Crippen LogP contribution in [0.2, 0.25) is 0 Å². The molecule has 156 valence electrons. The average Bonchev–Trinajstić information content (AvgIpc) is 3.16. The van der Waals surface area contributed by atoms with Gasteiger partial charge in [-0.05, 0) is 32.0 Å². The molecule has 3 heterocycles. The highest BCUT2D eigenvalue weighted by Crippen LogP contribution is 2.21. The van der Waals surface area contributed by atoms with Crippen LogP contribution in [0.4, 0.5) is 10.7 Å². The van der Waals surface area contributed by atoms with Crippen LogP contribution in [-0.2, 0) is 14.8 Å². The third-order valence-electron chi connectivity index (χ3n) is 3.85. The number of ether oxygens (including phenoxy) is 1. The standard InChI is InChI=1S/C17H17N7O5S/c1-10-6-11(2)22-17(21-10)24(16(18)26)30(27,28)13-4-5-14(19-8-13)23-9-12(7-20-23)15(25)29-3/h4-9H,1-3H3,(H2,18,26). The highest BCUT2D eigenvalue weighted by Gasteiger charge is 2.32. The number of pyridine rings is 1. The molecule has 3 aromatic heterocycles. The maximum absolute atomic E-state index is 13.0. The molecule has 0 aliphatic carbocycles. The lowest BCUT2D eigenvalue weighted by Crippen LogP contribution is -2.42. The second-order valence-corrected chi connectivity index (χ2v) is 7.86. The molecule has 0 aliphatic heterocycles. The largest absolute Gasteiger partial charge is 0.465 e. The molecule has 0 atom stereocenters. The van der Waals surface area contributed by atoms with Gasteiger partial charge in [0, 0.05) is 23.8 Å². The number of esters is 1. The zero-order chi connectivity index (χ0) is 22.1. The van der Waals surface area contributed by atoms with Crippen molar-refractivity contribution in [2.45, 2.75) is 18.7 Å². The van der Waals surface area contributed by atoms with Gasteiger partial charge in [0.25, 0.3) is 10.0 Å². The number of methoxy groups -OCH3 is 1. The summed E-state index contributed by atoms with van der Waals surface area (Å²) in [7, 11) is -3.19. The molecule has 0 bridgehead atoms. The van der Waals surface area contributed by atoms with Crippen molar-refractivity contribution >= 4 is 28.0 Å². The van der Waals surface area contributed by atoms with Gasteiger partial charge < -0.3 is 10.5 Å². The number of carbonyl (C=O) groups is 2. The van der Waals surface area contributed by atoms with Gasteiger partial charge in [0.05, 0.1) is 18.9 Å². The Morgan fingerprint density at radius 2 is 1.80 bits per heavy atom. The summed E-state index contributed by atoms with van der Waals surface area (Å²) in [5.41, 5.74) is 6.43. The Hall–Kier alpha value is -3.87. The van der Waals surface area contributed by atoms with Crippen molar-refractivity contribution in [3.63, 3.8) is 0 Å². The Morgan fingerprint density at radius 3 is 2.33 bits per heavy atom. The number of nitrogens with zero attached hydrogens (tertiary/aromatic N) is 6. The van der Waals surface area contributed by atoms with Gasteiger partial charge in [-0.1, -0.05) is 0 Å². The van der Waals surface area contributed by atoms with Gasteiger partial charge >= 0.3 is 12.0 Å². The summed E-state index contributed by atoms with van der Waals surface area (Å²) >= 11 is 0. The quantitative estimate of drug-likeness (QED) is 0.574. The molecule has 0 fully saturated rings. The van der Waals surface area contributed by atoms with Gasteiger partial charge in [-0.15, -0.1) is 4.31 Å². The van der Waals surface area contributed by atoms with Crippen LogP contribution >= 0.6 is 0 Å². The van der Waals surface area contributed by atoms with Crippen molar-refractivity contribution in [2.75, 3.05) is 11.4 Å². The van der Waals surface area contributed by atoms with E-state index in [1.807, 2.05) is 0 Å². The summed E-state index contributed by atoms with van der Waals surface area (Å²) in [6, 6.07) is 2.93. The van der Waals surface area contributed by atoms with Crippen LogP contribution < -0.4 is 10.0 Å². The maximum atomic E-state index is 13.0. The molecule has 3 aromatic rings. The molecule has 2 N–H and O–H groups in total. The Labute approximate surface area is 171 Å². The summed E-state index contributed by atoms with van der Waals surface area (Å²) in [6.07, 6.45) is 3.69. The summed E-state index contributed by atoms with van der Waals surface area (Å²) in [5.74, 6) is -0.706. The first kappa shape index (κ1) is 20.9. The SMILES string of the molecule is COC(=O)c1cnn(-c2ccc(S(=O)(=O)N(C(N)=O)c3nc(C)cc(C)n3)cn2)c1. The zero-order valence-corrected chi connectivity index (χ0v) is 17.0. The number of rotatable bonds is 5. The van der Waals surface area contributed by atoms with Crippen molar-refractivity contribution in [3.8, 4) is 5.82 Å². The van der Waals surface area contributed by atoms with Crippen LogP contribution in [0.15, 0.2) is 41.7 Å². The number of aryl methyl sites for hydroxylation is 2. The number of amides is 2. The third kappa shape index (κ3) is 3.96. The topological polar surface area (TPSA) is 163 Å². The number of urea groups is 1. The predicted molar refractivity (Wildman–Crippen MR) is 103 cm³/mol. The highest BCUT2D eigenvalue weighted by atomic mass is 32.2. The molecule has 0 radical (unpaired) electrons. The molecule has 12 nitrogen and oxygen atoms in total. The van der Waals surface area contributed by atoms with Gasteiger partial charge in [-0.3, -0.25) is 0 Å². The second kappa shape index (κ2) is 7.87. The number of nitrogens with two attached hydrogens (primary N) is 1. The van der Waals surface area contributed by atoms with Crippen molar-refractivity contribution in [2.24, 2.45) is 5.73 Å².